The predicted molar refractivity (Wildman–Crippen MR) is 55.3 cm³/mol. The van der Waals surface area contributed by atoms with Crippen LogP contribution in [0.1, 0.15) is 24.3 Å². The van der Waals surface area contributed by atoms with Crippen LogP contribution >= 0.6 is 0 Å². The summed E-state index contributed by atoms with van der Waals surface area (Å²) in [6, 6.07) is 6.73. The van der Waals surface area contributed by atoms with Crippen LogP contribution in [0.2, 0.25) is 0 Å². The van der Waals surface area contributed by atoms with E-state index < -0.39 is 0 Å². The van der Waals surface area contributed by atoms with Crippen molar-refractivity contribution < 1.29 is 9.23 Å². The molecule has 0 saturated heterocycles. The van der Waals surface area contributed by atoms with Gasteiger partial charge in [0.2, 0.25) is 0 Å². The van der Waals surface area contributed by atoms with Gasteiger partial charge in [-0.3, -0.25) is 0 Å². The summed E-state index contributed by atoms with van der Waals surface area (Å²) >= 11 is 0. The normalized spacial score (nSPS) is 28.5. The molecular weight excluding hydrogens is 193 g/mol. The summed E-state index contributed by atoms with van der Waals surface area (Å²) in [7, 11) is 0. The fraction of sp³-hybridized carbons (Fsp3) is 0.417. The standard InChI is InChI=1S/C12H12FNO/c13-10-4-1-8(2-5-10)11-6-3-9-7-15-14-12(9)11/h1-2,4-5,9,11H,3,6-7H2/t9-,11-/m0/s1. The van der Waals surface area contributed by atoms with Crippen molar-refractivity contribution in [3.05, 3.63) is 35.6 Å². The zero-order valence-corrected chi connectivity index (χ0v) is 8.32. The summed E-state index contributed by atoms with van der Waals surface area (Å²) in [5.74, 6) is 0.663. The Balaban J connectivity index is 1.91. The van der Waals surface area contributed by atoms with Gasteiger partial charge in [-0.05, 0) is 30.5 Å². The molecule has 0 spiro atoms. The molecule has 0 bridgehead atoms. The van der Waals surface area contributed by atoms with Gasteiger partial charge >= 0.3 is 0 Å². The molecule has 1 fully saturated rings. The molecule has 3 heteroatoms. The number of halogens is 1. The molecule has 1 aliphatic carbocycles. The summed E-state index contributed by atoms with van der Waals surface area (Å²) in [5.41, 5.74) is 2.31. The summed E-state index contributed by atoms with van der Waals surface area (Å²) in [6.45, 7) is 0.729. The third-order valence-corrected chi connectivity index (χ3v) is 3.30. The topological polar surface area (TPSA) is 21.6 Å². The highest BCUT2D eigenvalue weighted by Crippen LogP contribution is 2.38. The molecule has 1 heterocycles. The maximum absolute atomic E-state index is 12.8. The Morgan fingerprint density at radius 2 is 2.00 bits per heavy atom. The summed E-state index contributed by atoms with van der Waals surface area (Å²) in [6.07, 6.45) is 2.25. The lowest BCUT2D eigenvalue weighted by molar-refractivity contribution is 0.151. The Morgan fingerprint density at radius 1 is 1.20 bits per heavy atom. The van der Waals surface area contributed by atoms with Gasteiger partial charge in [0.15, 0.2) is 0 Å². The van der Waals surface area contributed by atoms with E-state index in [9.17, 15) is 4.39 Å². The van der Waals surface area contributed by atoms with Crippen molar-refractivity contribution in [2.75, 3.05) is 6.61 Å². The smallest absolute Gasteiger partial charge is 0.125 e. The first-order chi connectivity index (χ1) is 7.34. The summed E-state index contributed by atoms with van der Waals surface area (Å²) in [5, 5.41) is 4.10. The average molecular weight is 205 g/mol. The highest BCUT2D eigenvalue weighted by molar-refractivity contribution is 5.95. The minimum atomic E-state index is -0.182. The monoisotopic (exact) mass is 205 g/mol. The van der Waals surface area contributed by atoms with E-state index in [2.05, 4.69) is 5.16 Å². The van der Waals surface area contributed by atoms with Crippen molar-refractivity contribution in [2.45, 2.75) is 18.8 Å². The lowest BCUT2D eigenvalue weighted by atomic mass is 9.95. The van der Waals surface area contributed by atoms with Gasteiger partial charge in [-0.25, -0.2) is 4.39 Å². The molecule has 1 aromatic rings. The van der Waals surface area contributed by atoms with Crippen molar-refractivity contribution in [3.8, 4) is 0 Å². The highest BCUT2D eigenvalue weighted by Gasteiger charge is 2.37. The quantitative estimate of drug-likeness (QED) is 0.690. The zero-order valence-electron chi connectivity index (χ0n) is 8.32. The zero-order chi connectivity index (χ0) is 10.3. The molecule has 0 radical (unpaired) electrons. The Morgan fingerprint density at radius 3 is 2.80 bits per heavy atom. The fourth-order valence-electron chi connectivity index (χ4n) is 2.49. The number of oxime groups is 1. The van der Waals surface area contributed by atoms with E-state index >= 15 is 0 Å². The van der Waals surface area contributed by atoms with Gasteiger partial charge in [-0.1, -0.05) is 17.3 Å². The SMILES string of the molecule is Fc1ccc([C@@H]2CC[C@H]3CON=C32)cc1. The van der Waals surface area contributed by atoms with E-state index in [1.807, 2.05) is 12.1 Å². The molecule has 2 atom stereocenters. The first-order valence-electron chi connectivity index (χ1n) is 5.30. The molecule has 0 amide bonds. The van der Waals surface area contributed by atoms with Crippen molar-refractivity contribution in [1.82, 2.24) is 0 Å². The van der Waals surface area contributed by atoms with Crippen molar-refractivity contribution in [1.29, 1.82) is 0 Å². The van der Waals surface area contributed by atoms with Crippen LogP contribution in [0.25, 0.3) is 0 Å². The minimum Gasteiger partial charge on any atom is -0.395 e. The molecule has 0 aromatic heterocycles. The molecular formula is C12H12FNO. The van der Waals surface area contributed by atoms with Gasteiger partial charge in [0.05, 0.1) is 5.71 Å². The van der Waals surface area contributed by atoms with E-state index in [4.69, 9.17) is 4.84 Å². The first-order valence-corrected chi connectivity index (χ1v) is 5.30. The van der Waals surface area contributed by atoms with Gasteiger partial charge in [0, 0.05) is 11.8 Å². The fourth-order valence-corrected chi connectivity index (χ4v) is 2.49. The Labute approximate surface area is 87.7 Å². The average Bonchev–Trinajstić information content (AvgIpc) is 2.80. The predicted octanol–water partition coefficient (Wildman–Crippen LogP) is 2.71. The second-order valence-electron chi connectivity index (χ2n) is 4.19. The van der Waals surface area contributed by atoms with Gasteiger partial charge in [0.1, 0.15) is 12.4 Å². The molecule has 2 aliphatic rings. The van der Waals surface area contributed by atoms with Crippen LogP contribution in [0.15, 0.2) is 29.4 Å². The lowest BCUT2D eigenvalue weighted by Crippen LogP contribution is -2.10. The van der Waals surface area contributed by atoms with Crippen molar-refractivity contribution in [3.63, 3.8) is 0 Å². The van der Waals surface area contributed by atoms with Crippen LogP contribution in [-0.4, -0.2) is 12.3 Å². The second-order valence-corrected chi connectivity index (χ2v) is 4.19. The maximum Gasteiger partial charge on any atom is 0.125 e. The second kappa shape index (κ2) is 3.33. The van der Waals surface area contributed by atoms with E-state index in [-0.39, 0.29) is 5.82 Å². The van der Waals surface area contributed by atoms with Gasteiger partial charge in [-0.2, -0.15) is 0 Å². The number of fused-ring (bicyclic) bond motifs is 1. The molecule has 1 aliphatic heterocycles. The molecule has 1 aromatic carbocycles. The summed E-state index contributed by atoms with van der Waals surface area (Å²) in [4.78, 5) is 5.10. The highest BCUT2D eigenvalue weighted by atomic mass is 19.1. The van der Waals surface area contributed by atoms with Crippen LogP contribution in [0.4, 0.5) is 4.39 Å². The number of nitrogens with zero attached hydrogens (tertiary/aromatic N) is 1. The molecule has 3 rings (SSSR count). The molecule has 15 heavy (non-hydrogen) atoms. The minimum absolute atomic E-state index is 0.182. The van der Waals surface area contributed by atoms with Crippen molar-refractivity contribution >= 4 is 5.71 Å². The molecule has 1 saturated carbocycles. The van der Waals surface area contributed by atoms with E-state index in [0.29, 0.717) is 11.8 Å². The largest absolute Gasteiger partial charge is 0.395 e. The Hall–Kier alpha value is -1.38. The Kier molecular flexibility index (Phi) is 1.97. The Bertz CT molecular complexity index is 399. The number of hydrogen-bond acceptors (Lipinski definition) is 2. The summed E-state index contributed by atoms with van der Waals surface area (Å²) < 4.78 is 12.8. The van der Waals surface area contributed by atoms with Crippen LogP contribution in [-0.2, 0) is 4.84 Å². The van der Waals surface area contributed by atoms with E-state index in [1.165, 1.54) is 12.1 Å². The van der Waals surface area contributed by atoms with Crippen LogP contribution in [0.3, 0.4) is 0 Å². The molecule has 0 unspecified atom stereocenters. The third kappa shape index (κ3) is 1.42. The van der Waals surface area contributed by atoms with Crippen molar-refractivity contribution in [2.24, 2.45) is 11.1 Å². The molecule has 2 nitrogen and oxygen atoms in total. The van der Waals surface area contributed by atoms with Gasteiger partial charge in [-0.15, -0.1) is 0 Å². The lowest BCUT2D eigenvalue weighted by Gasteiger charge is -2.09. The van der Waals surface area contributed by atoms with Crippen LogP contribution in [0, 0.1) is 11.7 Å². The van der Waals surface area contributed by atoms with Crippen LogP contribution in [0.5, 0.6) is 0 Å². The van der Waals surface area contributed by atoms with Crippen LogP contribution < -0.4 is 0 Å². The third-order valence-electron chi connectivity index (χ3n) is 3.30. The molecule has 0 N–H and O–H groups in total. The number of rotatable bonds is 1. The van der Waals surface area contributed by atoms with Gasteiger partial charge < -0.3 is 4.84 Å². The maximum atomic E-state index is 12.8. The van der Waals surface area contributed by atoms with Gasteiger partial charge in [0.25, 0.3) is 0 Å². The van der Waals surface area contributed by atoms with E-state index in [0.717, 1.165) is 30.7 Å². The molecule has 78 valence electrons. The van der Waals surface area contributed by atoms with E-state index in [1.54, 1.807) is 0 Å². The first kappa shape index (κ1) is 8.89. The number of hydrogen-bond donors (Lipinski definition) is 0. The number of benzene rings is 1.